The maximum absolute atomic E-state index is 13.9. The molecule has 4 rings (SSSR count). The van der Waals surface area contributed by atoms with Crippen LogP contribution in [0.3, 0.4) is 0 Å². The van der Waals surface area contributed by atoms with Crippen molar-refractivity contribution in [2.75, 3.05) is 38.5 Å². The molecular formula is C32H47N5O4S. The minimum atomic E-state index is -3.73. The molecule has 1 saturated carbocycles. The lowest BCUT2D eigenvalue weighted by Gasteiger charge is -2.26. The van der Waals surface area contributed by atoms with Crippen LogP contribution in [0.15, 0.2) is 42.5 Å². The summed E-state index contributed by atoms with van der Waals surface area (Å²) in [6.07, 6.45) is 4.98. The molecule has 2 unspecified atom stereocenters. The normalized spacial score (nSPS) is 21.2. The van der Waals surface area contributed by atoms with Crippen LogP contribution in [-0.2, 0) is 27.8 Å². The van der Waals surface area contributed by atoms with E-state index in [1.54, 1.807) is 6.07 Å². The summed E-state index contributed by atoms with van der Waals surface area (Å²) in [6.45, 7) is 7.17. The predicted molar refractivity (Wildman–Crippen MR) is 168 cm³/mol. The molecule has 2 aromatic rings. The van der Waals surface area contributed by atoms with Gasteiger partial charge in [0.15, 0.2) is 0 Å². The Hall–Kier alpha value is -2.95. The predicted octanol–water partition coefficient (Wildman–Crippen LogP) is 3.60. The van der Waals surface area contributed by atoms with Crippen LogP contribution < -0.4 is 20.3 Å². The van der Waals surface area contributed by atoms with Crippen molar-refractivity contribution in [2.45, 2.75) is 76.8 Å². The fraction of sp³-hybridized carbons (Fsp3) is 0.562. The van der Waals surface area contributed by atoms with Crippen LogP contribution in [0.4, 0.5) is 5.69 Å². The molecule has 9 nitrogen and oxygen atoms in total. The topological polar surface area (TPSA) is 111 Å². The van der Waals surface area contributed by atoms with Crippen LogP contribution >= 0.6 is 0 Å². The Labute approximate surface area is 251 Å². The fourth-order valence-corrected chi connectivity index (χ4v) is 6.57. The molecule has 0 spiro atoms. The van der Waals surface area contributed by atoms with Crippen molar-refractivity contribution in [1.82, 2.24) is 20.3 Å². The zero-order chi connectivity index (χ0) is 30.7. The molecule has 1 aliphatic heterocycles. The lowest BCUT2D eigenvalue weighted by molar-refractivity contribution is -0.123. The van der Waals surface area contributed by atoms with E-state index in [0.717, 1.165) is 42.0 Å². The Kier molecular flexibility index (Phi) is 10.0. The molecule has 1 fully saturated rings. The van der Waals surface area contributed by atoms with E-state index in [1.165, 1.54) is 36.6 Å². The lowest BCUT2D eigenvalue weighted by Crippen LogP contribution is -2.52. The summed E-state index contributed by atoms with van der Waals surface area (Å²) in [5.41, 5.74) is 3.71. The van der Waals surface area contributed by atoms with Gasteiger partial charge in [-0.15, -0.1) is 0 Å². The minimum Gasteiger partial charge on any atom is -0.354 e. The number of rotatable bonds is 10. The molecule has 1 heterocycles. The lowest BCUT2D eigenvalue weighted by atomic mass is 9.97. The molecule has 0 radical (unpaired) electrons. The molecule has 230 valence electrons. The van der Waals surface area contributed by atoms with Crippen molar-refractivity contribution in [3.63, 3.8) is 0 Å². The summed E-state index contributed by atoms with van der Waals surface area (Å²) in [5.74, 6) is 0.184. The van der Waals surface area contributed by atoms with Crippen LogP contribution in [0.1, 0.15) is 79.4 Å². The van der Waals surface area contributed by atoms with Gasteiger partial charge in [-0.25, -0.2) is 0 Å². The van der Waals surface area contributed by atoms with E-state index in [-0.39, 0.29) is 23.8 Å². The van der Waals surface area contributed by atoms with E-state index in [0.29, 0.717) is 36.7 Å². The van der Waals surface area contributed by atoms with Gasteiger partial charge >= 0.3 is 10.2 Å². The Morgan fingerprint density at radius 1 is 1.07 bits per heavy atom. The van der Waals surface area contributed by atoms with Crippen LogP contribution in [0, 0.1) is 5.92 Å². The van der Waals surface area contributed by atoms with Gasteiger partial charge < -0.3 is 16.0 Å². The quantitative estimate of drug-likeness (QED) is 0.388. The van der Waals surface area contributed by atoms with Crippen LogP contribution in [0.5, 0.6) is 0 Å². The van der Waals surface area contributed by atoms with E-state index in [2.05, 4.69) is 54.1 Å². The van der Waals surface area contributed by atoms with Gasteiger partial charge in [-0.05, 0) is 79.3 Å². The number of aryl methyl sites for hydroxylation is 2. The highest BCUT2D eigenvalue weighted by Gasteiger charge is 2.56. The first-order chi connectivity index (χ1) is 19.9. The molecule has 4 bridgehead atoms. The highest BCUT2D eigenvalue weighted by molar-refractivity contribution is 7.90. The zero-order valence-electron chi connectivity index (χ0n) is 25.9. The Bertz CT molecular complexity index is 1390. The zero-order valence-corrected chi connectivity index (χ0v) is 26.7. The minimum absolute atomic E-state index is 0.0310. The highest BCUT2D eigenvalue weighted by Crippen LogP contribution is 2.51. The van der Waals surface area contributed by atoms with Crippen LogP contribution in [-0.4, -0.2) is 70.4 Å². The van der Waals surface area contributed by atoms with Crippen molar-refractivity contribution in [3.05, 3.63) is 64.7 Å². The number of hydrogen-bond acceptors (Lipinski definition) is 5. The summed E-state index contributed by atoms with van der Waals surface area (Å²) >= 11 is 0. The first-order valence-corrected chi connectivity index (χ1v) is 16.5. The summed E-state index contributed by atoms with van der Waals surface area (Å²) < 4.78 is 28.2. The second-order valence-corrected chi connectivity index (χ2v) is 14.6. The maximum atomic E-state index is 13.9. The first kappa shape index (κ1) is 32.0. The molecular weight excluding hydrogens is 550 g/mol. The van der Waals surface area contributed by atoms with Crippen molar-refractivity contribution >= 4 is 27.7 Å². The Morgan fingerprint density at radius 3 is 2.45 bits per heavy atom. The third kappa shape index (κ3) is 7.33. The number of carbonyl (C=O) groups is 2. The van der Waals surface area contributed by atoms with Crippen molar-refractivity contribution in [1.29, 1.82) is 0 Å². The number of fused-ring (bicyclic) bond motifs is 6. The molecule has 2 aliphatic rings. The molecule has 0 saturated heterocycles. The monoisotopic (exact) mass is 597 g/mol. The SMILES string of the molecule is CC[C@H](NCC12CC1c1cccc(c1)CCCCc1cc(cc(N(C)S(=O)(=O)N(C)C)c1)C(=O)N2)C(=O)NCC(C)C. The molecule has 1 aliphatic carbocycles. The second-order valence-electron chi connectivity index (χ2n) is 12.4. The van der Waals surface area contributed by atoms with Crippen molar-refractivity contribution < 1.29 is 18.0 Å². The standard InChI is InChI=1S/C32H47N5O4S/c1-7-29(31(39)33-20-22(2)3)34-21-32-19-28(32)25-14-10-13-23(15-25)11-8-9-12-24-16-26(30(38)35-32)18-27(17-24)37(6)42(40,41)36(4)5/h10,13-18,22,28-29,34H,7-9,11-12,19-21H2,1-6H3,(H,33,39)(H,35,38)/t28?,29-,32?/m0/s1. The Morgan fingerprint density at radius 2 is 1.79 bits per heavy atom. The first-order valence-electron chi connectivity index (χ1n) is 15.1. The number of hydrogen-bond donors (Lipinski definition) is 3. The number of amides is 2. The van der Waals surface area contributed by atoms with Gasteiger partial charge in [0, 0.05) is 45.7 Å². The molecule has 42 heavy (non-hydrogen) atoms. The third-order valence-electron chi connectivity index (χ3n) is 8.46. The number of nitrogens with zero attached hydrogens (tertiary/aromatic N) is 2. The van der Waals surface area contributed by atoms with Gasteiger partial charge in [-0.1, -0.05) is 45.0 Å². The highest BCUT2D eigenvalue weighted by atomic mass is 32.2. The number of benzene rings is 2. The summed E-state index contributed by atoms with van der Waals surface area (Å²) in [6, 6.07) is 13.7. The molecule has 3 N–H and O–H groups in total. The van der Waals surface area contributed by atoms with Gasteiger partial charge in [0.1, 0.15) is 0 Å². The van der Waals surface area contributed by atoms with Gasteiger partial charge in [-0.3, -0.25) is 13.9 Å². The number of nitrogens with one attached hydrogen (secondary N) is 3. The summed E-state index contributed by atoms with van der Waals surface area (Å²) in [5, 5.41) is 9.80. The number of anilines is 1. The molecule has 2 aromatic carbocycles. The molecule has 0 aromatic heterocycles. The van der Waals surface area contributed by atoms with Gasteiger partial charge in [0.2, 0.25) is 5.91 Å². The van der Waals surface area contributed by atoms with E-state index < -0.39 is 15.7 Å². The van der Waals surface area contributed by atoms with Gasteiger partial charge in [0.05, 0.1) is 17.3 Å². The van der Waals surface area contributed by atoms with Crippen molar-refractivity contribution in [3.8, 4) is 0 Å². The molecule has 2 amide bonds. The van der Waals surface area contributed by atoms with E-state index in [9.17, 15) is 18.0 Å². The van der Waals surface area contributed by atoms with E-state index >= 15 is 0 Å². The largest absolute Gasteiger partial charge is 0.354 e. The molecule has 10 heteroatoms. The van der Waals surface area contributed by atoms with E-state index in [4.69, 9.17) is 0 Å². The maximum Gasteiger partial charge on any atom is 0.303 e. The average Bonchev–Trinajstić information content (AvgIpc) is 3.67. The third-order valence-corrected chi connectivity index (χ3v) is 10.3. The smallest absolute Gasteiger partial charge is 0.303 e. The van der Waals surface area contributed by atoms with E-state index in [1.807, 2.05) is 19.1 Å². The second kappa shape index (κ2) is 13.1. The molecule has 3 atom stereocenters. The van der Waals surface area contributed by atoms with Gasteiger partial charge in [0.25, 0.3) is 5.91 Å². The number of carbonyl (C=O) groups excluding carboxylic acids is 2. The Balaban J connectivity index is 1.66. The van der Waals surface area contributed by atoms with Crippen LogP contribution in [0.2, 0.25) is 0 Å². The fourth-order valence-electron chi connectivity index (χ4n) is 5.71. The summed E-state index contributed by atoms with van der Waals surface area (Å²) in [4.78, 5) is 26.8. The summed E-state index contributed by atoms with van der Waals surface area (Å²) in [7, 11) is 0.773. The van der Waals surface area contributed by atoms with Crippen LogP contribution in [0.25, 0.3) is 0 Å². The van der Waals surface area contributed by atoms with Crippen molar-refractivity contribution in [2.24, 2.45) is 5.92 Å². The van der Waals surface area contributed by atoms with Gasteiger partial charge in [-0.2, -0.15) is 12.7 Å². The average molecular weight is 598 g/mol.